The lowest BCUT2D eigenvalue weighted by Crippen LogP contribution is -2.30. The van der Waals surface area contributed by atoms with Gasteiger partial charge in [0.05, 0.1) is 7.06 Å². The summed E-state index contributed by atoms with van der Waals surface area (Å²) in [5.41, 5.74) is 0. The molecule has 6 heavy (non-hydrogen) atoms. The fourth-order valence-electron chi connectivity index (χ4n) is 0.0497. The molecule has 0 aliphatic carbocycles. The molecule has 0 amide bonds. The van der Waals surface area contributed by atoms with Gasteiger partial charge in [-0.15, -0.1) is 0 Å². The van der Waals surface area contributed by atoms with E-state index in [1.807, 2.05) is 0 Å². The highest BCUT2D eigenvalue weighted by Gasteiger charge is 2.04. The average Bonchev–Trinajstić information content (AvgIpc) is 1.65. The van der Waals surface area contributed by atoms with Crippen molar-refractivity contribution < 1.29 is 10.0 Å². The minimum absolute atomic E-state index is 0.597. The SMILES string of the molecule is [B][B]B(O)[B]O. The second kappa shape index (κ2) is 3.37. The van der Waals surface area contributed by atoms with Crippen molar-refractivity contribution in [1.29, 1.82) is 0 Å². The fraction of sp³-hybridized carbons (Fsp3) is 0. The Morgan fingerprint density at radius 1 is 1.67 bits per heavy atom. The van der Waals surface area contributed by atoms with E-state index >= 15 is 0 Å². The standard InChI is InChI=1S/B4H2O2/c1-2-4(6)3-5/h5-6H. The van der Waals surface area contributed by atoms with Crippen molar-refractivity contribution in [3.63, 3.8) is 0 Å². The van der Waals surface area contributed by atoms with Gasteiger partial charge in [-0.2, -0.15) is 0 Å². The third-order valence-electron chi connectivity index (χ3n) is 0.350. The second-order valence-corrected chi connectivity index (χ2v) is 0.832. The van der Waals surface area contributed by atoms with E-state index in [0.717, 1.165) is 7.06 Å². The second-order valence-electron chi connectivity index (χ2n) is 0.832. The predicted molar refractivity (Wildman–Crippen MR) is 27.5 cm³/mol. The van der Waals surface area contributed by atoms with Gasteiger partial charge in [-0.05, 0) is 0 Å². The summed E-state index contributed by atoms with van der Waals surface area (Å²) < 4.78 is 0. The van der Waals surface area contributed by atoms with Crippen LogP contribution < -0.4 is 0 Å². The first-order chi connectivity index (χ1) is 2.81. The van der Waals surface area contributed by atoms with E-state index in [-0.39, 0.29) is 0 Å². The topological polar surface area (TPSA) is 40.5 Å². The van der Waals surface area contributed by atoms with Crippen molar-refractivity contribution >= 4 is 28.9 Å². The third-order valence-corrected chi connectivity index (χ3v) is 0.350. The first-order valence-corrected chi connectivity index (χ1v) is 1.52. The molecule has 6 heteroatoms. The van der Waals surface area contributed by atoms with E-state index in [0.29, 0.717) is 7.37 Å². The van der Waals surface area contributed by atoms with Gasteiger partial charge < -0.3 is 10.0 Å². The first-order valence-electron chi connectivity index (χ1n) is 1.52. The van der Waals surface area contributed by atoms with Crippen LogP contribution >= 0.6 is 0 Å². The third kappa shape index (κ3) is 2.42. The Labute approximate surface area is 39.9 Å². The summed E-state index contributed by atoms with van der Waals surface area (Å²) >= 11 is 0. The normalized spacial score (nSPS) is 7.00. The maximum atomic E-state index is 8.18. The van der Waals surface area contributed by atoms with Crippen LogP contribution in [0.2, 0.25) is 0 Å². The van der Waals surface area contributed by atoms with Crippen LogP contribution in [0.25, 0.3) is 0 Å². The summed E-state index contributed by atoms with van der Waals surface area (Å²) in [6.07, 6.45) is 0. The van der Waals surface area contributed by atoms with Crippen molar-refractivity contribution in [2.45, 2.75) is 0 Å². The van der Waals surface area contributed by atoms with E-state index in [1.165, 1.54) is 0 Å². The summed E-state index contributed by atoms with van der Waals surface area (Å²) in [4.78, 5) is 0. The maximum absolute atomic E-state index is 8.18. The van der Waals surface area contributed by atoms with Gasteiger partial charge in [-0.1, -0.05) is 0 Å². The molecule has 0 aliphatic heterocycles. The Hall–Kier alpha value is 0.180. The minimum atomic E-state index is -0.981. The number of hydrogen-bond donors (Lipinski definition) is 2. The average molecular weight is 77.3 g/mol. The molecule has 0 heterocycles. The van der Waals surface area contributed by atoms with Crippen LogP contribution in [0.4, 0.5) is 0 Å². The Balaban J connectivity index is 2.75. The highest BCUT2D eigenvalue weighted by atomic mass is 16.2. The molecular formula is H2B4O2. The Bertz CT molecular complexity index is 24.7. The molecule has 2 nitrogen and oxygen atoms in total. The van der Waals surface area contributed by atoms with Crippen molar-refractivity contribution in [2.75, 3.05) is 0 Å². The van der Waals surface area contributed by atoms with E-state index < -0.39 is 6.70 Å². The molecule has 0 saturated heterocycles. The molecule has 0 saturated carbocycles. The number of rotatable bonds is 2. The highest BCUT2D eigenvalue weighted by molar-refractivity contribution is 7.45. The van der Waals surface area contributed by atoms with Crippen LogP contribution in [0.15, 0.2) is 0 Å². The maximum Gasteiger partial charge on any atom is 0.272 e. The molecule has 2 N–H and O–H groups in total. The van der Waals surface area contributed by atoms with Crippen LogP contribution in [-0.4, -0.2) is 38.9 Å². The van der Waals surface area contributed by atoms with Crippen LogP contribution in [0, 0.1) is 0 Å². The van der Waals surface area contributed by atoms with E-state index in [2.05, 4.69) is 0 Å². The lowest BCUT2D eigenvalue weighted by atomic mass is 9.12. The summed E-state index contributed by atoms with van der Waals surface area (Å²) in [6.45, 7) is -0.981. The smallest absolute Gasteiger partial charge is 0.272 e. The van der Waals surface area contributed by atoms with Crippen LogP contribution in [0.1, 0.15) is 0 Å². The van der Waals surface area contributed by atoms with Gasteiger partial charge >= 0.3 is 0 Å². The molecular weight excluding hydrogens is 75.2 g/mol. The molecule has 4 radical (unpaired) electrons. The van der Waals surface area contributed by atoms with E-state index in [1.54, 1.807) is 0 Å². The molecule has 0 rings (SSSR count). The summed E-state index contributed by atoms with van der Waals surface area (Å²) in [6, 6.07) is 0. The fourth-order valence-corrected chi connectivity index (χ4v) is 0.0497. The molecule has 0 aromatic rings. The van der Waals surface area contributed by atoms with Gasteiger partial charge in [-0.3, -0.25) is 0 Å². The van der Waals surface area contributed by atoms with E-state index in [4.69, 9.17) is 17.8 Å². The van der Waals surface area contributed by atoms with Gasteiger partial charge in [0, 0.05) is 7.74 Å². The van der Waals surface area contributed by atoms with Gasteiger partial charge in [0.15, 0.2) is 0 Å². The lowest BCUT2D eigenvalue weighted by molar-refractivity contribution is 0.578. The summed E-state index contributed by atoms with van der Waals surface area (Å²) in [7, 11) is 6.29. The van der Waals surface area contributed by atoms with Crippen molar-refractivity contribution in [1.82, 2.24) is 0 Å². The number of hydrogen-bond acceptors (Lipinski definition) is 2. The molecule has 0 spiro atoms. The zero-order valence-corrected chi connectivity index (χ0v) is 3.20. The Kier molecular flexibility index (Phi) is 3.47. The first kappa shape index (κ1) is 6.18. The van der Waals surface area contributed by atoms with Gasteiger partial charge in [0.1, 0.15) is 0 Å². The van der Waals surface area contributed by atoms with Gasteiger partial charge in [0.2, 0.25) is 6.70 Å². The summed E-state index contributed by atoms with van der Waals surface area (Å²) in [5.74, 6) is 0. The largest absolute Gasteiger partial charge is 0.466 e. The van der Waals surface area contributed by atoms with Gasteiger partial charge in [0.25, 0.3) is 7.37 Å². The Morgan fingerprint density at radius 3 is 2.17 bits per heavy atom. The molecule has 0 fully saturated rings. The molecule has 0 unspecified atom stereocenters. The zero-order valence-electron chi connectivity index (χ0n) is 3.20. The highest BCUT2D eigenvalue weighted by Crippen LogP contribution is 1.57. The zero-order chi connectivity index (χ0) is 4.99. The minimum Gasteiger partial charge on any atom is -0.466 e. The monoisotopic (exact) mass is 78.0 g/mol. The van der Waals surface area contributed by atoms with Gasteiger partial charge in [-0.25, -0.2) is 0 Å². The molecule has 0 aromatic heterocycles. The molecule has 0 aliphatic rings. The molecule has 0 bridgehead atoms. The quantitative estimate of drug-likeness (QED) is 0.354. The lowest BCUT2D eigenvalue weighted by Gasteiger charge is -1.88. The molecule has 0 atom stereocenters. The summed E-state index contributed by atoms with van der Waals surface area (Å²) in [5, 5.41) is 16.0. The molecule has 0 aromatic carbocycles. The van der Waals surface area contributed by atoms with Crippen LogP contribution in [-0.2, 0) is 0 Å². The predicted octanol–water partition coefficient (Wildman–Crippen LogP) is -2.64. The van der Waals surface area contributed by atoms with E-state index in [9.17, 15) is 0 Å². The Morgan fingerprint density at radius 2 is 2.17 bits per heavy atom. The van der Waals surface area contributed by atoms with Crippen molar-refractivity contribution in [2.24, 2.45) is 0 Å². The van der Waals surface area contributed by atoms with Crippen LogP contribution in [0.3, 0.4) is 0 Å². The van der Waals surface area contributed by atoms with Crippen LogP contribution in [0.5, 0.6) is 0 Å². The van der Waals surface area contributed by atoms with Crippen molar-refractivity contribution in [3.8, 4) is 0 Å². The molecule has 26 valence electrons. The van der Waals surface area contributed by atoms with Crippen molar-refractivity contribution in [3.05, 3.63) is 0 Å².